The van der Waals surface area contributed by atoms with Gasteiger partial charge in [0, 0.05) is 44.5 Å². The van der Waals surface area contributed by atoms with E-state index in [4.69, 9.17) is 0 Å². The van der Waals surface area contributed by atoms with Crippen LogP contribution >= 0.6 is 24.0 Å². The second-order valence-corrected chi connectivity index (χ2v) is 5.92. The Labute approximate surface area is 181 Å². The summed E-state index contributed by atoms with van der Waals surface area (Å²) >= 11 is 0. The number of para-hydroxylation sites is 1. The van der Waals surface area contributed by atoms with Gasteiger partial charge in [-0.3, -0.25) is 0 Å². The van der Waals surface area contributed by atoms with E-state index in [0.717, 1.165) is 11.4 Å². The first-order valence-electron chi connectivity index (χ1n) is 8.67. The summed E-state index contributed by atoms with van der Waals surface area (Å²) in [5.41, 5.74) is 1.61. The molecule has 0 atom stereocenters. The second kappa shape index (κ2) is 12.3. The van der Waals surface area contributed by atoms with Gasteiger partial charge in [-0.2, -0.15) is 8.78 Å². The number of nitrogens with one attached hydrogen (secondary N) is 2. The molecule has 0 aliphatic carbocycles. The van der Waals surface area contributed by atoms with Gasteiger partial charge in [0.15, 0.2) is 5.96 Å². The molecule has 0 unspecified atom stereocenters. The number of hydrogen-bond donors (Lipinski definition) is 2. The highest BCUT2D eigenvalue weighted by Crippen LogP contribution is 2.21. The average Bonchev–Trinajstić information content (AvgIpc) is 2.64. The van der Waals surface area contributed by atoms with Crippen LogP contribution in [0.3, 0.4) is 0 Å². The van der Waals surface area contributed by atoms with Crippen molar-refractivity contribution in [1.29, 1.82) is 0 Å². The zero-order valence-corrected chi connectivity index (χ0v) is 18.5. The number of rotatable bonds is 8. The van der Waals surface area contributed by atoms with Gasteiger partial charge in [0.25, 0.3) is 0 Å². The number of pyridine rings is 1. The smallest absolute Gasteiger partial charge is 0.387 e. The summed E-state index contributed by atoms with van der Waals surface area (Å²) in [6.07, 6.45) is 1.75. The Hall–Kier alpha value is -2.17. The van der Waals surface area contributed by atoms with Gasteiger partial charge in [0.2, 0.25) is 0 Å². The normalized spacial score (nSPS) is 11.0. The van der Waals surface area contributed by atoms with E-state index in [1.165, 1.54) is 6.07 Å². The van der Waals surface area contributed by atoms with E-state index in [-0.39, 0.29) is 36.3 Å². The van der Waals surface area contributed by atoms with Crippen molar-refractivity contribution in [3.05, 3.63) is 53.7 Å². The molecule has 0 spiro atoms. The molecule has 1 aromatic heterocycles. The summed E-state index contributed by atoms with van der Waals surface area (Å²) in [7, 11) is 3.87. The van der Waals surface area contributed by atoms with E-state index in [9.17, 15) is 8.78 Å². The molecule has 0 radical (unpaired) electrons. The van der Waals surface area contributed by atoms with Crippen LogP contribution in [0.25, 0.3) is 0 Å². The minimum Gasteiger partial charge on any atom is -0.434 e. The Bertz CT molecular complexity index is 759. The molecule has 28 heavy (non-hydrogen) atoms. The van der Waals surface area contributed by atoms with Crippen LogP contribution in [0.5, 0.6) is 5.75 Å². The van der Waals surface area contributed by atoms with Gasteiger partial charge >= 0.3 is 6.61 Å². The van der Waals surface area contributed by atoms with E-state index >= 15 is 0 Å². The largest absolute Gasteiger partial charge is 0.434 e. The van der Waals surface area contributed by atoms with Gasteiger partial charge in [-0.15, -0.1) is 24.0 Å². The molecule has 6 nitrogen and oxygen atoms in total. The maximum absolute atomic E-state index is 12.5. The Morgan fingerprint density at radius 3 is 2.54 bits per heavy atom. The van der Waals surface area contributed by atoms with Crippen LogP contribution in [0.4, 0.5) is 14.6 Å². The molecule has 0 saturated heterocycles. The first kappa shape index (κ1) is 23.9. The van der Waals surface area contributed by atoms with Crippen molar-refractivity contribution in [3.8, 4) is 5.75 Å². The Morgan fingerprint density at radius 1 is 1.14 bits per heavy atom. The van der Waals surface area contributed by atoms with E-state index in [0.29, 0.717) is 24.6 Å². The molecule has 2 aromatic rings. The maximum atomic E-state index is 12.5. The van der Waals surface area contributed by atoms with Gasteiger partial charge in [0.05, 0.1) is 6.54 Å². The molecule has 1 heterocycles. The number of anilines is 1. The molecule has 0 saturated carbocycles. The predicted octanol–water partition coefficient (Wildman–Crippen LogP) is 3.62. The number of alkyl halides is 2. The molecule has 0 fully saturated rings. The van der Waals surface area contributed by atoms with Crippen LogP contribution in [0.1, 0.15) is 18.1 Å². The van der Waals surface area contributed by atoms with Crippen molar-refractivity contribution < 1.29 is 13.5 Å². The number of hydrogen-bond acceptors (Lipinski definition) is 4. The Morgan fingerprint density at radius 2 is 1.86 bits per heavy atom. The molecule has 2 rings (SSSR count). The number of benzene rings is 1. The van der Waals surface area contributed by atoms with Crippen molar-refractivity contribution in [2.24, 2.45) is 4.99 Å². The highest BCUT2D eigenvalue weighted by atomic mass is 127. The lowest BCUT2D eigenvalue weighted by atomic mass is 10.2. The molecule has 154 valence electrons. The van der Waals surface area contributed by atoms with E-state index in [2.05, 4.69) is 25.3 Å². The number of aromatic nitrogens is 1. The second-order valence-electron chi connectivity index (χ2n) is 5.92. The minimum atomic E-state index is -2.86. The molecule has 0 aliphatic heterocycles. The average molecular weight is 505 g/mol. The van der Waals surface area contributed by atoms with Gasteiger partial charge < -0.3 is 20.3 Å². The third kappa shape index (κ3) is 7.45. The quantitative estimate of drug-likeness (QED) is 0.326. The number of nitrogens with zero attached hydrogens (tertiary/aromatic N) is 3. The fourth-order valence-corrected chi connectivity index (χ4v) is 2.50. The Kier molecular flexibility index (Phi) is 10.5. The Balaban J connectivity index is 0.00000392. The lowest BCUT2D eigenvalue weighted by Crippen LogP contribution is -2.37. The first-order valence-corrected chi connectivity index (χ1v) is 8.67. The van der Waals surface area contributed by atoms with Crippen LogP contribution in [-0.4, -0.2) is 38.2 Å². The molecule has 2 N–H and O–H groups in total. The summed E-state index contributed by atoms with van der Waals surface area (Å²) in [6.45, 7) is 0.514. The molecule has 0 amide bonds. The van der Waals surface area contributed by atoms with Crippen molar-refractivity contribution in [2.45, 2.75) is 26.6 Å². The lowest BCUT2D eigenvalue weighted by Gasteiger charge is -2.17. The van der Waals surface area contributed by atoms with Crippen LogP contribution < -0.4 is 20.3 Å². The predicted molar refractivity (Wildman–Crippen MR) is 119 cm³/mol. The zero-order chi connectivity index (χ0) is 19.6. The summed E-state index contributed by atoms with van der Waals surface area (Å²) in [5, 5.41) is 6.39. The minimum absolute atomic E-state index is 0. The summed E-state index contributed by atoms with van der Waals surface area (Å²) in [5.74, 6) is 1.59. The fraction of sp³-hybridized carbons (Fsp3) is 0.368. The monoisotopic (exact) mass is 505 g/mol. The molecule has 0 bridgehead atoms. The number of ether oxygens (including phenoxy) is 1. The van der Waals surface area contributed by atoms with E-state index < -0.39 is 6.61 Å². The third-order valence-electron chi connectivity index (χ3n) is 3.68. The molecule has 1 aromatic carbocycles. The van der Waals surface area contributed by atoms with Gasteiger partial charge in [-0.1, -0.05) is 24.3 Å². The summed E-state index contributed by atoms with van der Waals surface area (Å²) in [6, 6.07) is 10.5. The van der Waals surface area contributed by atoms with Crippen molar-refractivity contribution >= 4 is 35.8 Å². The van der Waals surface area contributed by atoms with Gasteiger partial charge in [-0.05, 0) is 19.1 Å². The van der Waals surface area contributed by atoms with Gasteiger partial charge in [0.1, 0.15) is 11.6 Å². The van der Waals surface area contributed by atoms with Gasteiger partial charge in [-0.25, -0.2) is 9.98 Å². The van der Waals surface area contributed by atoms with Crippen LogP contribution in [0, 0.1) is 0 Å². The highest BCUT2D eigenvalue weighted by molar-refractivity contribution is 14.0. The highest BCUT2D eigenvalue weighted by Gasteiger charge is 2.10. The topological polar surface area (TPSA) is 61.8 Å². The SMILES string of the molecule is CCNC(=NCc1ccccc1OC(F)F)NCc1cccnc1N(C)C.I. The molecular formula is C19H26F2IN5O. The first-order chi connectivity index (χ1) is 13.0. The molecule has 9 heteroatoms. The maximum Gasteiger partial charge on any atom is 0.387 e. The third-order valence-corrected chi connectivity index (χ3v) is 3.68. The lowest BCUT2D eigenvalue weighted by molar-refractivity contribution is -0.0504. The zero-order valence-electron chi connectivity index (χ0n) is 16.2. The molecular weight excluding hydrogens is 479 g/mol. The number of guanidine groups is 1. The van der Waals surface area contributed by atoms with Crippen molar-refractivity contribution in [1.82, 2.24) is 15.6 Å². The summed E-state index contributed by atoms with van der Waals surface area (Å²) < 4.78 is 29.6. The van der Waals surface area contributed by atoms with E-state index in [1.54, 1.807) is 24.4 Å². The van der Waals surface area contributed by atoms with Crippen molar-refractivity contribution in [3.63, 3.8) is 0 Å². The fourth-order valence-electron chi connectivity index (χ4n) is 2.50. The summed E-state index contributed by atoms with van der Waals surface area (Å²) in [4.78, 5) is 10.8. The van der Waals surface area contributed by atoms with Crippen LogP contribution in [0.2, 0.25) is 0 Å². The van der Waals surface area contributed by atoms with Crippen LogP contribution in [-0.2, 0) is 13.1 Å². The van der Waals surface area contributed by atoms with E-state index in [1.807, 2.05) is 38.1 Å². The number of halogens is 3. The molecule has 0 aliphatic rings. The van der Waals surface area contributed by atoms with Crippen molar-refractivity contribution in [2.75, 3.05) is 25.5 Å². The number of aliphatic imine (C=N–C) groups is 1. The standard InChI is InChI=1S/C19H25F2N5O.HI/c1-4-22-19(25-13-15-9-7-11-23-17(15)26(2)3)24-12-14-8-5-6-10-16(14)27-18(20)21;/h5-11,18H,4,12-13H2,1-3H3,(H2,22,24,25);1H. The van der Waals surface area contributed by atoms with Crippen LogP contribution in [0.15, 0.2) is 47.6 Å².